The Morgan fingerprint density at radius 1 is 1.33 bits per heavy atom. The maximum atomic E-state index is 10.8. The standard InChI is InChI=1S/C11H13N3O3S/c12-9(15)6-8(10(16)17)14-11(18)13-7-4-2-1-3-5-7/h1-5,8H,6H2,(H2,12,15)(H,16,17)(H2,13,14,18)/p-1/t8-/m1/s1. The van der Waals surface area contributed by atoms with E-state index in [1.54, 1.807) is 24.3 Å². The van der Waals surface area contributed by atoms with Gasteiger partial charge in [0.2, 0.25) is 5.91 Å². The van der Waals surface area contributed by atoms with Crippen LogP contribution in [0.15, 0.2) is 30.3 Å². The molecule has 0 spiro atoms. The molecule has 1 aromatic rings. The smallest absolute Gasteiger partial charge is 0.219 e. The highest BCUT2D eigenvalue weighted by Gasteiger charge is 2.14. The van der Waals surface area contributed by atoms with Crippen LogP contribution in [-0.4, -0.2) is 23.0 Å². The van der Waals surface area contributed by atoms with Gasteiger partial charge in [-0.2, -0.15) is 0 Å². The summed E-state index contributed by atoms with van der Waals surface area (Å²) in [4.78, 5) is 21.4. The number of carbonyl (C=O) groups excluding carboxylic acids is 2. The van der Waals surface area contributed by atoms with Crippen LogP contribution in [0.4, 0.5) is 5.69 Å². The second-order valence-electron chi connectivity index (χ2n) is 3.51. The van der Waals surface area contributed by atoms with Gasteiger partial charge >= 0.3 is 0 Å². The number of thiocarbonyl (C=S) groups is 1. The second-order valence-corrected chi connectivity index (χ2v) is 3.91. The molecular formula is C11H12N3O3S-. The number of carboxylic acids is 1. The maximum absolute atomic E-state index is 10.8. The van der Waals surface area contributed by atoms with Crippen molar-refractivity contribution in [3.05, 3.63) is 30.3 Å². The van der Waals surface area contributed by atoms with Crippen molar-refractivity contribution >= 4 is 34.9 Å². The Balaban J connectivity index is 2.56. The van der Waals surface area contributed by atoms with Crippen LogP contribution in [0.3, 0.4) is 0 Å². The number of carbonyl (C=O) groups is 2. The van der Waals surface area contributed by atoms with Crippen molar-refractivity contribution < 1.29 is 14.7 Å². The second kappa shape index (κ2) is 6.55. The number of para-hydroxylation sites is 1. The zero-order valence-electron chi connectivity index (χ0n) is 9.38. The lowest BCUT2D eigenvalue weighted by molar-refractivity contribution is -0.308. The van der Waals surface area contributed by atoms with Gasteiger partial charge in [0.25, 0.3) is 0 Å². The highest BCUT2D eigenvalue weighted by molar-refractivity contribution is 7.80. The molecule has 0 saturated heterocycles. The summed E-state index contributed by atoms with van der Waals surface area (Å²) in [6.07, 6.45) is -0.390. The van der Waals surface area contributed by atoms with E-state index in [1.165, 1.54) is 0 Å². The largest absolute Gasteiger partial charge is 0.548 e. The average molecular weight is 266 g/mol. The first-order valence-corrected chi connectivity index (χ1v) is 5.51. The Hall–Kier alpha value is -2.15. The molecule has 0 fully saturated rings. The minimum Gasteiger partial charge on any atom is -0.548 e. The summed E-state index contributed by atoms with van der Waals surface area (Å²) in [5, 5.41) is 16.1. The Labute approximate surface area is 109 Å². The van der Waals surface area contributed by atoms with Crippen molar-refractivity contribution in [1.29, 1.82) is 0 Å². The summed E-state index contributed by atoms with van der Waals surface area (Å²) in [5.41, 5.74) is 5.63. The monoisotopic (exact) mass is 266 g/mol. The number of anilines is 1. The van der Waals surface area contributed by atoms with Crippen molar-refractivity contribution in [3.63, 3.8) is 0 Å². The van der Waals surface area contributed by atoms with E-state index in [4.69, 9.17) is 18.0 Å². The Morgan fingerprint density at radius 3 is 2.44 bits per heavy atom. The van der Waals surface area contributed by atoms with E-state index in [0.29, 0.717) is 5.69 Å². The molecule has 18 heavy (non-hydrogen) atoms. The number of primary amides is 1. The molecule has 96 valence electrons. The van der Waals surface area contributed by atoms with E-state index in [-0.39, 0.29) is 11.5 Å². The molecule has 0 aromatic heterocycles. The molecule has 0 unspecified atom stereocenters. The van der Waals surface area contributed by atoms with Gasteiger partial charge in [0.15, 0.2) is 5.11 Å². The van der Waals surface area contributed by atoms with E-state index >= 15 is 0 Å². The molecule has 4 N–H and O–H groups in total. The Morgan fingerprint density at radius 2 is 1.94 bits per heavy atom. The van der Waals surface area contributed by atoms with Crippen LogP contribution in [-0.2, 0) is 9.59 Å². The van der Waals surface area contributed by atoms with Crippen molar-refractivity contribution in [2.45, 2.75) is 12.5 Å². The molecule has 0 radical (unpaired) electrons. The van der Waals surface area contributed by atoms with Gasteiger partial charge in [-0.25, -0.2) is 0 Å². The van der Waals surface area contributed by atoms with Crippen LogP contribution in [0.5, 0.6) is 0 Å². The lowest BCUT2D eigenvalue weighted by Gasteiger charge is -2.20. The number of amides is 1. The molecule has 0 aliphatic heterocycles. The molecule has 1 amide bonds. The van der Waals surface area contributed by atoms with Crippen molar-refractivity contribution in [2.75, 3.05) is 5.32 Å². The first-order chi connectivity index (χ1) is 8.49. The van der Waals surface area contributed by atoms with Crippen molar-refractivity contribution in [2.24, 2.45) is 5.73 Å². The molecule has 1 aromatic carbocycles. The fraction of sp³-hybridized carbons (Fsp3) is 0.182. The fourth-order valence-electron chi connectivity index (χ4n) is 1.24. The summed E-state index contributed by atoms with van der Waals surface area (Å²) in [7, 11) is 0. The number of nitrogens with two attached hydrogens (primary N) is 1. The molecule has 1 rings (SSSR count). The summed E-state index contributed by atoms with van der Waals surface area (Å²) >= 11 is 4.92. The van der Waals surface area contributed by atoms with Gasteiger partial charge in [-0.05, 0) is 24.4 Å². The minimum atomic E-state index is -1.44. The zero-order chi connectivity index (χ0) is 13.5. The molecule has 7 heteroatoms. The highest BCUT2D eigenvalue weighted by atomic mass is 32.1. The molecule has 0 saturated carbocycles. The van der Waals surface area contributed by atoms with E-state index < -0.39 is 17.9 Å². The molecule has 0 aliphatic rings. The number of hydrogen-bond acceptors (Lipinski definition) is 4. The number of aliphatic carboxylic acids is 1. The number of carboxylic acid groups (broad SMARTS) is 1. The van der Waals surface area contributed by atoms with Crippen molar-refractivity contribution in [3.8, 4) is 0 Å². The summed E-state index contributed by atoms with van der Waals surface area (Å²) < 4.78 is 0. The lowest BCUT2D eigenvalue weighted by Crippen LogP contribution is -2.50. The summed E-state index contributed by atoms with van der Waals surface area (Å²) in [6.45, 7) is 0. The predicted octanol–water partition coefficient (Wildman–Crippen LogP) is -1.03. The third-order valence-corrected chi connectivity index (χ3v) is 2.25. The van der Waals surface area contributed by atoms with Gasteiger partial charge in [0, 0.05) is 5.69 Å². The SMILES string of the molecule is NC(=O)C[C@@H](NC(=S)Nc1ccccc1)C(=O)[O-]. The summed E-state index contributed by atoms with van der Waals surface area (Å²) in [5.74, 6) is -2.19. The quantitative estimate of drug-likeness (QED) is 0.588. The maximum Gasteiger partial charge on any atom is 0.219 e. The molecule has 0 aliphatic carbocycles. The van der Waals surface area contributed by atoms with Crippen LogP contribution in [0, 0.1) is 0 Å². The van der Waals surface area contributed by atoms with Gasteiger partial charge in [0.1, 0.15) is 0 Å². The van der Waals surface area contributed by atoms with E-state index in [9.17, 15) is 14.7 Å². The van der Waals surface area contributed by atoms with Gasteiger partial charge in [-0.15, -0.1) is 0 Å². The van der Waals surface area contributed by atoms with E-state index in [0.717, 1.165) is 0 Å². The lowest BCUT2D eigenvalue weighted by atomic mass is 10.2. The van der Waals surface area contributed by atoms with Crippen LogP contribution in [0.25, 0.3) is 0 Å². The molecule has 1 atom stereocenters. The van der Waals surface area contributed by atoms with E-state index in [2.05, 4.69) is 10.6 Å². The van der Waals surface area contributed by atoms with Crippen LogP contribution < -0.4 is 21.5 Å². The normalized spacial score (nSPS) is 11.3. The van der Waals surface area contributed by atoms with Crippen LogP contribution in [0.2, 0.25) is 0 Å². The average Bonchev–Trinajstić information content (AvgIpc) is 2.28. The van der Waals surface area contributed by atoms with Crippen LogP contribution >= 0.6 is 12.2 Å². The number of nitrogens with one attached hydrogen (secondary N) is 2. The summed E-state index contributed by atoms with van der Waals surface area (Å²) in [6, 6.07) is 7.70. The third-order valence-electron chi connectivity index (χ3n) is 2.03. The predicted molar refractivity (Wildman–Crippen MR) is 68.4 cm³/mol. The van der Waals surface area contributed by atoms with Crippen molar-refractivity contribution in [1.82, 2.24) is 5.32 Å². The van der Waals surface area contributed by atoms with Crippen LogP contribution in [0.1, 0.15) is 6.42 Å². The first kappa shape index (κ1) is 13.9. The Bertz CT molecular complexity index is 450. The Kier molecular flexibility index (Phi) is 5.06. The number of benzene rings is 1. The van der Waals surface area contributed by atoms with Gasteiger partial charge in [-0.1, -0.05) is 18.2 Å². The number of rotatable bonds is 5. The van der Waals surface area contributed by atoms with Gasteiger partial charge < -0.3 is 26.3 Å². The molecular weight excluding hydrogens is 254 g/mol. The topological polar surface area (TPSA) is 107 Å². The molecule has 0 heterocycles. The minimum absolute atomic E-state index is 0.0802. The van der Waals surface area contributed by atoms with E-state index in [1.807, 2.05) is 6.07 Å². The van der Waals surface area contributed by atoms with Gasteiger partial charge in [-0.3, -0.25) is 4.79 Å². The molecule has 6 nitrogen and oxygen atoms in total. The zero-order valence-corrected chi connectivity index (χ0v) is 10.2. The number of hydrogen-bond donors (Lipinski definition) is 3. The highest BCUT2D eigenvalue weighted by Crippen LogP contribution is 2.04. The molecule has 0 bridgehead atoms. The fourth-order valence-corrected chi connectivity index (χ4v) is 1.50. The third kappa shape index (κ3) is 4.79. The first-order valence-electron chi connectivity index (χ1n) is 5.11. The van der Waals surface area contributed by atoms with Gasteiger partial charge in [0.05, 0.1) is 18.4 Å².